The van der Waals surface area contributed by atoms with Crippen LogP contribution in [0.4, 0.5) is 0 Å². The molecule has 0 saturated carbocycles. The molecule has 0 atom stereocenters. The molecule has 130 valence electrons. The van der Waals surface area contributed by atoms with Gasteiger partial charge < -0.3 is 0 Å². The zero-order valence-electron chi connectivity index (χ0n) is 14.9. The molecule has 1 aliphatic heterocycles. The maximum atomic E-state index is 2.26. The molecule has 5 rings (SSSR count). The molecular formula is C24H18NS2+. The third-order valence-electron chi connectivity index (χ3n) is 4.85. The Morgan fingerprint density at radius 3 is 2.11 bits per heavy atom. The van der Waals surface area contributed by atoms with Gasteiger partial charge >= 0.3 is 0 Å². The molecule has 0 bridgehead atoms. The number of nitrogens with zero attached hydrogens (tertiary/aromatic N) is 1. The molecule has 1 aliphatic rings. The Balaban J connectivity index is 1.59. The molecule has 0 amide bonds. The first-order valence-electron chi connectivity index (χ1n) is 8.94. The van der Waals surface area contributed by atoms with Crippen molar-refractivity contribution >= 4 is 45.0 Å². The van der Waals surface area contributed by atoms with Gasteiger partial charge in [0.15, 0.2) is 0 Å². The van der Waals surface area contributed by atoms with Crippen molar-refractivity contribution in [2.24, 2.45) is 7.05 Å². The number of thiazole rings is 1. The lowest BCUT2D eigenvalue weighted by atomic mass is 9.96. The molecule has 0 saturated heterocycles. The first kappa shape index (κ1) is 16.5. The van der Waals surface area contributed by atoms with Gasteiger partial charge in [-0.05, 0) is 34.9 Å². The zero-order chi connectivity index (χ0) is 18.2. The summed E-state index contributed by atoms with van der Waals surface area (Å²) in [7, 11) is 2.13. The highest BCUT2D eigenvalue weighted by molar-refractivity contribution is 7.99. The highest BCUT2D eigenvalue weighted by Crippen LogP contribution is 2.45. The number of hydrogen-bond donors (Lipinski definition) is 0. The molecule has 1 nitrogen and oxygen atoms in total. The number of rotatable bonds is 2. The topological polar surface area (TPSA) is 3.88 Å². The average molecular weight is 385 g/mol. The van der Waals surface area contributed by atoms with E-state index in [2.05, 4.69) is 103 Å². The maximum absolute atomic E-state index is 2.26. The average Bonchev–Trinajstić information content (AvgIpc) is 3.03. The van der Waals surface area contributed by atoms with Crippen molar-refractivity contribution in [1.29, 1.82) is 0 Å². The minimum Gasteiger partial charge on any atom is -0.185 e. The lowest BCUT2D eigenvalue weighted by Gasteiger charge is -2.21. The lowest BCUT2D eigenvalue weighted by Crippen LogP contribution is -2.28. The van der Waals surface area contributed by atoms with E-state index in [0.717, 1.165) is 0 Å². The van der Waals surface area contributed by atoms with Crippen molar-refractivity contribution < 1.29 is 4.57 Å². The van der Waals surface area contributed by atoms with Crippen LogP contribution >= 0.6 is 23.1 Å². The summed E-state index contributed by atoms with van der Waals surface area (Å²) in [6.07, 6.45) is 6.65. The highest BCUT2D eigenvalue weighted by atomic mass is 32.2. The van der Waals surface area contributed by atoms with Crippen LogP contribution in [0.2, 0.25) is 0 Å². The van der Waals surface area contributed by atoms with Gasteiger partial charge in [0.05, 0.1) is 0 Å². The Labute approximate surface area is 167 Å². The number of allylic oxidation sites excluding steroid dienone is 2. The van der Waals surface area contributed by atoms with Gasteiger partial charge in [-0.1, -0.05) is 83.8 Å². The Morgan fingerprint density at radius 1 is 0.778 bits per heavy atom. The Bertz CT molecular complexity index is 1170. The van der Waals surface area contributed by atoms with Gasteiger partial charge in [-0.3, -0.25) is 0 Å². The van der Waals surface area contributed by atoms with E-state index in [1.165, 1.54) is 41.7 Å². The summed E-state index contributed by atoms with van der Waals surface area (Å²) < 4.78 is 3.57. The van der Waals surface area contributed by atoms with Crippen LogP contribution in [-0.2, 0) is 7.05 Å². The highest BCUT2D eigenvalue weighted by Gasteiger charge is 2.19. The van der Waals surface area contributed by atoms with Gasteiger partial charge in [0.1, 0.15) is 11.7 Å². The third kappa shape index (κ3) is 2.93. The number of hydrogen-bond acceptors (Lipinski definition) is 2. The quantitative estimate of drug-likeness (QED) is 0.321. The van der Waals surface area contributed by atoms with Crippen LogP contribution in [-0.4, -0.2) is 0 Å². The summed E-state index contributed by atoms with van der Waals surface area (Å²) in [5.41, 5.74) is 5.19. The van der Waals surface area contributed by atoms with Crippen molar-refractivity contribution in [1.82, 2.24) is 0 Å². The second-order valence-corrected chi connectivity index (χ2v) is 8.65. The molecule has 0 radical (unpaired) electrons. The van der Waals surface area contributed by atoms with Crippen molar-refractivity contribution in [2.45, 2.75) is 9.79 Å². The standard InChI is InChI=1S/C24H18NS2/c1-25-20-12-4-7-15-23(20)27-24(25)16-8-11-17-18-9-2-5-13-21(18)26-22-14-6-3-10-19(17)22/h2-16H,1H3/q+1/b16-8+. The zero-order valence-corrected chi connectivity index (χ0v) is 16.6. The molecule has 0 aliphatic carbocycles. The number of benzene rings is 3. The van der Waals surface area contributed by atoms with Crippen LogP contribution in [0.25, 0.3) is 21.9 Å². The second-order valence-electron chi connectivity index (χ2n) is 6.50. The SMILES string of the molecule is C[n+]1c(/C=C/C=C2c3ccccc3Sc3ccccc32)sc2ccccc21. The van der Waals surface area contributed by atoms with E-state index in [9.17, 15) is 0 Å². The van der Waals surface area contributed by atoms with E-state index in [0.29, 0.717) is 0 Å². The summed E-state index contributed by atoms with van der Waals surface area (Å²) >= 11 is 3.68. The molecule has 0 unspecified atom stereocenters. The number of para-hydroxylation sites is 1. The van der Waals surface area contributed by atoms with Crippen LogP contribution in [0.15, 0.2) is 94.7 Å². The van der Waals surface area contributed by atoms with Gasteiger partial charge in [0.2, 0.25) is 5.52 Å². The fourth-order valence-electron chi connectivity index (χ4n) is 3.49. The van der Waals surface area contributed by atoms with Crippen LogP contribution in [0, 0.1) is 0 Å². The first-order chi connectivity index (χ1) is 13.3. The summed E-state index contributed by atoms with van der Waals surface area (Å²) in [5, 5.41) is 1.25. The summed E-state index contributed by atoms with van der Waals surface area (Å²) in [5.74, 6) is 0. The molecule has 4 aromatic rings. The molecule has 2 heterocycles. The normalized spacial score (nSPS) is 13.0. The number of aryl methyl sites for hydroxylation is 1. The van der Waals surface area contributed by atoms with E-state index in [-0.39, 0.29) is 0 Å². The molecule has 3 aromatic carbocycles. The fourth-order valence-corrected chi connectivity index (χ4v) is 5.66. The third-order valence-corrected chi connectivity index (χ3v) is 7.18. The van der Waals surface area contributed by atoms with Crippen molar-refractivity contribution in [3.63, 3.8) is 0 Å². The van der Waals surface area contributed by atoms with Crippen LogP contribution in [0.3, 0.4) is 0 Å². The van der Waals surface area contributed by atoms with Crippen LogP contribution in [0.5, 0.6) is 0 Å². The monoisotopic (exact) mass is 384 g/mol. The molecule has 0 spiro atoms. The Kier molecular flexibility index (Phi) is 4.19. The largest absolute Gasteiger partial charge is 0.262 e. The van der Waals surface area contributed by atoms with Gasteiger partial charge in [0.25, 0.3) is 5.01 Å². The Morgan fingerprint density at radius 2 is 1.41 bits per heavy atom. The predicted molar refractivity (Wildman–Crippen MR) is 116 cm³/mol. The predicted octanol–water partition coefficient (Wildman–Crippen LogP) is 6.34. The molecule has 3 heteroatoms. The van der Waals surface area contributed by atoms with E-state index < -0.39 is 0 Å². The van der Waals surface area contributed by atoms with Gasteiger partial charge in [-0.15, -0.1) is 0 Å². The smallest absolute Gasteiger partial charge is 0.185 e. The van der Waals surface area contributed by atoms with Crippen LogP contribution < -0.4 is 4.57 Å². The fraction of sp³-hybridized carbons (Fsp3) is 0.0417. The molecule has 1 aromatic heterocycles. The summed E-state index contributed by atoms with van der Waals surface area (Å²) in [6.45, 7) is 0. The minimum absolute atomic E-state index is 1.25. The van der Waals surface area contributed by atoms with E-state index in [1.54, 1.807) is 0 Å². The summed E-state index contributed by atoms with van der Waals surface area (Å²) in [6, 6.07) is 25.9. The molecule has 0 N–H and O–H groups in total. The number of fused-ring (bicyclic) bond motifs is 3. The first-order valence-corrected chi connectivity index (χ1v) is 10.6. The van der Waals surface area contributed by atoms with E-state index in [4.69, 9.17) is 0 Å². The number of aromatic nitrogens is 1. The van der Waals surface area contributed by atoms with Crippen molar-refractivity contribution in [3.8, 4) is 0 Å². The van der Waals surface area contributed by atoms with Crippen LogP contribution in [0.1, 0.15) is 16.1 Å². The van der Waals surface area contributed by atoms with Gasteiger partial charge in [-0.2, -0.15) is 4.57 Å². The summed E-state index contributed by atoms with van der Waals surface area (Å²) in [4.78, 5) is 2.64. The molecule has 27 heavy (non-hydrogen) atoms. The van der Waals surface area contributed by atoms with Gasteiger partial charge in [-0.25, -0.2) is 0 Å². The van der Waals surface area contributed by atoms with E-state index in [1.807, 2.05) is 23.1 Å². The maximum Gasteiger partial charge on any atom is 0.262 e. The molecular weight excluding hydrogens is 366 g/mol. The van der Waals surface area contributed by atoms with Gasteiger partial charge in [0, 0.05) is 21.9 Å². The lowest BCUT2D eigenvalue weighted by molar-refractivity contribution is -0.642. The minimum atomic E-state index is 1.25. The van der Waals surface area contributed by atoms with Crippen molar-refractivity contribution in [2.75, 3.05) is 0 Å². The molecule has 0 fully saturated rings. The Hall–Kier alpha value is -2.62. The van der Waals surface area contributed by atoms with Crippen molar-refractivity contribution in [3.05, 3.63) is 101 Å². The van der Waals surface area contributed by atoms with E-state index >= 15 is 0 Å². The second kappa shape index (κ2) is 6.84.